The van der Waals surface area contributed by atoms with Gasteiger partial charge in [0.2, 0.25) is 5.91 Å². The van der Waals surface area contributed by atoms with E-state index in [1.54, 1.807) is 11.7 Å². The first-order chi connectivity index (χ1) is 18.4. The fourth-order valence-corrected chi connectivity index (χ4v) is 8.00. The molecule has 4 aliphatic rings. The molecule has 4 fully saturated rings. The van der Waals surface area contributed by atoms with Gasteiger partial charge < -0.3 is 19.4 Å². The van der Waals surface area contributed by atoms with Crippen molar-refractivity contribution in [1.29, 1.82) is 0 Å². The van der Waals surface area contributed by atoms with Crippen molar-refractivity contribution in [2.75, 3.05) is 19.0 Å². The zero-order valence-corrected chi connectivity index (χ0v) is 22.5. The summed E-state index contributed by atoms with van der Waals surface area (Å²) in [5.41, 5.74) is 3.27. The van der Waals surface area contributed by atoms with Crippen LogP contribution >= 0.6 is 0 Å². The molecule has 38 heavy (non-hydrogen) atoms. The van der Waals surface area contributed by atoms with Gasteiger partial charge in [0, 0.05) is 24.0 Å². The van der Waals surface area contributed by atoms with Crippen molar-refractivity contribution in [3.63, 3.8) is 0 Å². The molecular formula is C32H38N2O4. The number of ether oxygens (including phenoxy) is 2. The summed E-state index contributed by atoms with van der Waals surface area (Å²) in [5, 5.41) is 4.13. The Morgan fingerprint density at radius 3 is 2.34 bits per heavy atom. The Hall–Kier alpha value is -3.12. The molecule has 4 saturated carbocycles. The first-order valence-electron chi connectivity index (χ1n) is 14.1. The molecule has 4 aliphatic carbocycles. The van der Waals surface area contributed by atoms with Crippen molar-refractivity contribution < 1.29 is 14.3 Å². The average molecular weight is 515 g/mol. The summed E-state index contributed by atoms with van der Waals surface area (Å²) in [5.74, 6) is 3.33. The highest BCUT2D eigenvalue weighted by atomic mass is 16.5. The van der Waals surface area contributed by atoms with Gasteiger partial charge in [-0.2, -0.15) is 0 Å². The van der Waals surface area contributed by atoms with E-state index in [-0.39, 0.29) is 23.5 Å². The number of pyridine rings is 1. The minimum atomic E-state index is -0.0705. The number of carbonyl (C=O) groups excluding carboxylic acids is 1. The fraction of sp³-hybridized carbons (Fsp3) is 0.500. The van der Waals surface area contributed by atoms with Gasteiger partial charge >= 0.3 is 0 Å². The molecule has 1 heterocycles. The first kappa shape index (κ1) is 25.2. The molecule has 4 bridgehead atoms. The summed E-state index contributed by atoms with van der Waals surface area (Å²) in [4.78, 5) is 27.0. The van der Waals surface area contributed by atoms with E-state index in [1.807, 2.05) is 55.5 Å². The van der Waals surface area contributed by atoms with Gasteiger partial charge in [0.15, 0.2) is 0 Å². The highest BCUT2D eigenvalue weighted by molar-refractivity contribution is 6.01. The number of methoxy groups -OCH3 is 1. The molecule has 2 aromatic carbocycles. The van der Waals surface area contributed by atoms with Gasteiger partial charge in [0.05, 0.1) is 31.5 Å². The lowest BCUT2D eigenvalue weighted by Crippen LogP contribution is -2.47. The Morgan fingerprint density at radius 1 is 1.03 bits per heavy atom. The Bertz CT molecular complexity index is 1360. The number of anilines is 1. The lowest BCUT2D eigenvalue weighted by Gasteiger charge is -2.56. The summed E-state index contributed by atoms with van der Waals surface area (Å²) < 4.78 is 12.7. The zero-order valence-electron chi connectivity index (χ0n) is 22.5. The molecule has 1 amide bonds. The van der Waals surface area contributed by atoms with Gasteiger partial charge in [-0.15, -0.1) is 0 Å². The van der Waals surface area contributed by atoms with Crippen molar-refractivity contribution in [2.45, 2.75) is 65.0 Å². The maximum Gasteiger partial charge on any atom is 0.256 e. The number of carbonyl (C=O) groups is 1. The number of aromatic nitrogens is 1. The number of benzene rings is 2. The molecule has 0 radical (unpaired) electrons. The largest absolute Gasteiger partial charge is 0.497 e. The van der Waals surface area contributed by atoms with Gasteiger partial charge in [0.1, 0.15) is 5.75 Å². The zero-order chi connectivity index (χ0) is 26.3. The van der Waals surface area contributed by atoms with Gasteiger partial charge in [-0.1, -0.05) is 18.2 Å². The van der Waals surface area contributed by atoms with Crippen molar-refractivity contribution in [3.05, 3.63) is 70.0 Å². The van der Waals surface area contributed by atoms with Crippen LogP contribution in [0.25, 0.3) is 10.9 Å². The predicted octanol–water partition coefficient (Wildman–Crippen LogP) is 6.14. The van der Waals surface area contributed by atoms with Crippen LogP contribution in [-0.4, -0.2) is 24.2 Å². The Balaban J connectivity index is 1.31. The second-order valence-corrected chi connectivity index (χ2v) is 11.9. The van der Waals surface area contributed by atoms with Crippen molar-refractivity contribution in [3.8, 4) is 5.75 Å². The Morgan fingerprint density at radius 2 is 1.71 bits per heavy atom. The second-order valence-electron chi connectivity index (χ2n) is 11.9. The van der Waals surface area contributed by atoms with Crippen LogP contribution in [0.2, 0.25) is 0 Å². The Labute approximate surface area is 224 Å². The normalized spacial score (nSPS) is 25.6. The SMILES string of the molecule is CCOCc1cc2c(NC(=O)CC34CC5CC(CC(C5)C3)C4)cccc2n(Cc2ccc(OC)cc2)c1=O. The summed E-state index contributed by atoms with van der Waals surface area (Å²) in [6.45, 7) is 3.11. The van der Waals surface area contributed by atoms with Crippen molar-refractivity contribution in [2.24, 2.45) is 23.2 Å². The van der Waals surface area contributed by atoms with Gasteiger partial charge in [-0.3, -0.25) is 9.59 Å². The predicted molar refractivity (Wildman–Crippen MR) is 149 cm³/mol. The van der Waals surface area contributed by atoms with E-state index in [4.69, 9.17) is 9.47 Å². The fourth-order valence-electron chi connectivity index (χ4n) is 8.00. The number of hydrogen-bond donors (Lipinski definition) is 1. The van der Waals surface area contributed by atoms with Crippen molar-refractivity contribution in [1.82, 2.24) is 4.57 Å². The maximum atomic E-state index is 13.5. The van der Waals surface area contributed by atoms with E-state index in [9.17, 15) is 9.59 Å². The van der Waals surface area contributed by atoms with Crippen LogP contribution in [0.5, 0.6) is 5.75 Å². The first-order valence-corrected chi connectivity index (χ1v) is 14.1. The molecule has 0 saturated heterocycles. The van der Waals surface area contributed by atoms with E-state index in [1.165, 1.54) is 38.5 Å². The third-order valence-corrected chi connectivity index (χ3v) is 9.15. The van der Waals surface area contributed by atoms with Crippen LogP contribution in [-0.2, 0) is 22.7 Å². The lowest BCUT2D eigenvalue weighted by molar-refractivity contribution is -0.124. The number of amides is 1. The molecule has 1 N–H and O–H groups in total. The Kier molecular flexibility index (Phi) is 6.77. The molecule has 6 heteroatoms. The summed E-state index contributed by atoms with van der Waals surface area (Å²) in [7, 11) is 1.64. The van der Waals surface area contributed by atoms with E-state index in [0.717, 1.165) is 45.7 Å². The molecule has 3 aromatic rings. The molecule has 0 spiro atoms. The van der Waals surface area contributed by atoms with E-state index < -0.39 is 0 Å². The second kappa shape index (κ2) is 10.2. The quantitative estimate of drug-likeness (QED) is 0.372. The van der Waals surface area contributed by atoms with Crippen LogP contribution < -0.4 is 15.6 Å². The van der Waals surface area contributed by atoms with Crippen LogP contribution in [0.3, 0.4) is 0 Å². The number of nitrogens with zero attached hydrogens (tertiary/aromatic N) is 1. The van der Waals surface area contributed by atoms with Crippen molar-refractivity contribution >= 4 is 22.5 Å². The summed E-state index contributed by atoms with van der Waals surface area (Å²) in [6.07, 6.45) is 8.35. The smallest absolute Gasteiger partial charge is 0.256 e. The van der Waals surface area contributed by atoms with E-state index >= 15 is 0 Å². The third kappa shape index (κ3) is 4.86. The molecule has 200 valence electrons. The van der Waals surface area contributed by atoms with Gasteiger partial charge in [-0.25, -0.2) is 0 Å². The standard InChI is InChI=1S/C32H38N2O4/c1-3-38-20-25-14-27-28(33-30(35)18-32-15-22-11-23(16-32)13-24(12-22)17-32)5-4-6-29(27)34(31(25)36)19-21-7-9-26(37-2)10-8-21/h4-10,14,22-24H,3,11-13,15-20H2,1-2H3,(H,33,35). The summed E-state index contributed by atoms with van der Waals surface area (Å²) >= 11 is 0. The third-order valence-electron chi connectivity index (χ3n) is 9.15. The topological polar surface area (TPSA) is 69.6 Å². The molecule has 6 nitrogen and oxygen atoms in total. The number of nitrogens with one attached hydrogen (secondary N) is 1. The van der Waals surface area contributed by atoms with E-state index in [2.05, 4.69) is 5.32 Å². The van der Waals surface area contributed by atoms with Crippen LogP contribution in [0, 0.1) is 23.2 Å². The summed E-state index contributed by atoms with van der Waals surface area (Å²) in [6, 6.07) is 15.5. The molecule has 7 rings (SSSR count). The minimum Gasteiger partial charge on any atom is -0.497 e. The lowest BCUT2D eigenvalue weighted by atomic mass is 9.49. The van der Waals surface area contributed by atoms with Gasteiger partial charge in [-0.05, 0) is 105 Å². The molecule has 0 unspecified atom stereocenters. The van der Waals surface area contributed by atoms with Crippen LogP contribution in [0.1, 0.15) is 63.0 Å². The molecule has 0 aliphatic heterocycles. The van der Waals surface area contributed by atoms with Crippen LogP contribution in [0.4, 0.5) is 5.69 Å². The average Bonchev–Trinajstić information content (AvgIpc) is 2.89. The number of fused-ring (bicyclic) bond motifs is 1. The van der Waals surface area contributed by atoms with Crippen LogP contribution in [0.15, 0.2) is 53.3 Å². The maximum absolute atomic E-state index is 13.5. The number of hydrogen-bond acceptors (Lipinski definition) is 4. The molecule has 1 aromatic heterocycles. The number of rotatable bonds is 9. The molecule has 0 atom stereocenters. The monoisotopic (exact) mass is 514 g/mol. The highest BCUT2D eigenvalue weighted by Crippen LogP contribution is 2.61. The van der Waals surface area contributed by atoms with E-state index in [0.29, 0.717) is 25.1 Å². The molecular weight excluding hydrogens is 476 g/mol. The highest BCUT2D eigenvalue weighted by Gasteiger charge is 2.51. The minimum absolute atomic E-state index is 0.0705. The van der Waals surface area contributed by atoms with Gasteiger partial charge in [0.25, 0.3) is 5.56 Å².